The first-order valence-corrected chi connectivity index (χ1v) is 4.66. The lowest BCUT2D eigenvalue weighted by molar-refractivity contribution is 0.151. The van der Waals surface area contributed by atoms with Gasteiger partial charge in [-0.25, -0.2) is 0 Å². The second kappa shape index (κ2) is 6.22. The lowest BCUT2D eigenvalue weighted by atomic mass is 10.2. The van der Waals surface area contributed by atoms with Crippen LogP contribution in [-0.2, 0) is 4.84 Å². The maximum atomic E-state index is 5.87. The molecule has 0 aliphatic heterocycles. The maximum Gasteiger partial charge on any atom is 0.141 e. The molecular weight excluding hydrogens is 198 g/mol. The van der Waals surface area contributed by atoms with E-state index in [2.05, 4.69) is 17.9 Å². The molecule has 0 aliphatic carbocycles. The minimum Gasteiger partial charge on any atom is -0.395 e. The topological polar surface area (TPSA) is 21.6 Å². The van der Waals surface area contributed by atoms with Crippen molar-refractivity contribution in [3.05, 3.63) is 47.5 Å². The van der Waals surface area contributed by atoms with Crippen molar-refractivity contribution in [1.82, 2.24) is 0 Å². The van der Waals surface area contributed by atoms with Crippen molar-refractivity contribution in [3.63, 3.8) is 0 Å². The molecule has 0 unspecified atom stereocenters. The molecule has 0 bridgehead atoms. The molecule has 0 atom stereocenters. The van der Waals surface area contributed by atoms with Gasteiger partial charge in [0.05, 0.1) is 5.02 Å². The van der Waals surface area contributed by atoms with Crippen LogP contribution in [0.5, 0.6) is 0 Å². The quantitative estimate of drug-likeness (QED) is 0.315. The van der Waals surface area contributed by atoms with Gasteiger partial charge in [-0.2, -0.15) is 0 Å². The van der Waals surface area contributed by atoms with Gasteiger partial charge in [0.1, 0.15) is 12.8 Å². The second-order valence-corrected chi connectivity index (χ2v) is 3.00. The molecule has 1 rings (SSSR count). The van der Waals surface area contributed by atoms with E-state index in [9.17, 15) is 0 Å². The van der Waals surface area contributed by atoms with Crippen molar-refractivity contribution >= 4 is 17.8 Å². The summed E-state index contributed by atoms with van der Waals surface area (Å²) in [6, 6.07) is 7.32. The van der Waals surface area contributed by atoms with Crippen LogP contribution in [-0.4, -0.2) is 12.8 Å². The van der Waals surface area contributed by atoms with Gasteiger partial charge in [0.25, 0.3) is 0 Å². The second-order valence-electron chi connectivity index (χ2n) is 2.59. The molecule has 0 saturated carbocycles. The van der Waals surface area contributed by atoms with E-state index in [-0.39, 0.29) is 0 Å². The van der Waals surface area contributed by atoms with Crippen LogP contribution in [0.3, 0.4) is 0 Å². The molecule has 73 valence electrons. The van der Waals surface area contributed by atoms with Crippen LogP contribution in [0.15, 0.2) is 42.1 Å². The molecule has 1 radical (unpaired) electrons. The summed E-state index contributed by atoms with van der Waals surface area (Å²) >= 11 is 5.87. The van der Waals surface area contributed by atoms with E-state index in [0.29, 0.717) is 11.6 Å². The van der Waals surface area contributed by atoms with Gasteiger partial charge >= 0.3 is 0 Å². The monoisotopic (exact) mass is 208 g/mol. The molecule has 0 amide bonds. The Balaban J connectivity index is 2.43. The number of hydrogen-bond donors (Lipinski definition) is 0. The van der Waals surface area contributed by atoms with E-state index in [1.165, 1.54) is 0 Å². The number of rotatable bonds is 5. The third kappa shape index (κ3) is 3.62. The van der Waals surface area contributed by atoms with Gasteiger partial charge in [0.2, 0.25) is 0 Å². The lowest BCUT2D eigenvalue weighted by Gasteiger charge is -1.95. The van der Waals surface area contributed by atoms with E-state index < -0.39 is 0 Å². The number of benzene rings is 1. The zero-order valence-corrected chi connectivity index (χ0v) is 8.50. The van der Waals surface area contributed by atoms with Gasteiger partial charge in [-0.1, -0.05) is 41.0 Å². The Bertz CT molecular complexity index is 323. The Hall–Kier alpha value is -1.28. The fourth-order valence-corrected chi connectivity index (χ4v) is 0.993. The third-order valence-corrected chi connectivity index (χ3v) is 1.85. The average molecular weight is 209 g/mol. The summed E-state index contributed by atoms with van der Waals surface area (Å²) in [5, 5.41) is 4.27. The van der Waals surface area contributed by atoms with Crippen LogP contribution in [0.2, 0.25) is 5.02 Å². The molecule has 0 spiro atoms. The maximum absolute atomic E-state index is 5.87. The summed E-state index contributed by atoms with van der Waals surface area (Å²) in [6.07, 6.45) is 5.25. The fourth-order valence-electron chi connectivity index (χ4n) is 0.815. The first-order valence-electron chi connectivity index (χ1n) is 4.28. The molecule has 0 saturated heterocycles. The molecule has 1 aromatic carbocycles. The molecule has 0 aliphatic rings. The van der Waals surface area contributed by atoms with Gasteiger partial charge in [-0.15, -0.1) is 6.58 Å². The molecule has 0 fully saturated rings. The fraction of sp³-hybridized carbons (Fsp3) is 0.182. The van der Waals surface area contributed by atoms with Crippen molar-refractivity contribution < 1.29 is 4.84 Å². The van der Waals surface area contributed by atoms with E-state index >= 15 is 0 Å². The zero-order valence-electron chi connectivity index (χ0n) is 7.74. The predicted octanol–water partition coefficient (Wildman–Crippen LogP) is 3.14. The molecule has 0 N–H and O–H groups in total. The summed E-state index contributed by atoms with van der Waals surface area (Å²) < 4.78 is 0. The minimum absolute atomic E-state index is 0.515. The summed E-state index contributed by atoms with van der Waals surface area (Å²) in [4.78, 5) is 4.92. The van der Waals surface area contributed by atoms with Crippen LogP contribution in [0, 0.1) is 0 Å². The standard InChI is InChI=1S/C11H11ClNO/c1-2-3-8-14-13-9-10-6-4-5-7-11(10)12/h2,4-7H,1,3,8H2. The van der Waals surface area contributed by atoms with E-state index in [0.717, 1.165) is 12.0 Å². The largest absolute Gasteiger partial charge is 0.395 e. The normalized spacial score (nSPS) is 10.4. The Labute approximate surface area is 88.8 Å². The van der Waals surface area contributed by atoms with Crippen LogP contribution in [0.25, 0.3) is 0 Å². The molecule has 2 nitrogen and oxygen atoms in total. The highest BCUT2D eigenvalue weighted by atomic mass is 35.5. The predicted molar refractivity (Wildman–Crippen MR) is 58.8 cm³/mol. The molecule has 14 heavy (non-hydrogen) atoms. The summed E-state index contributed by atoms with van der Waals surface area (Å²) in [6.45, 7) is 4.08. The Morgan fingerprint density at radius 1 is 1.50 bits per heavy atom. The number of halogens is 1. The van der Waals surface area contributed by atoms with Gasteiger partial charge < -0.3 is 4.84 Å². The molecular formula is C11H11ClNO. The molecule has 0 heterocycles. The highest BCUT2D eigenvalue weighted by Gasteiger charge is 1.94. The third-order valence-electron chi connectivity index (χ3n) is 1.52. The molecule has 1 aromatic rings. The number of hydrogen-bond acceptors (Lipinski definition) is 2. The first kappa shape index (κ1) is 10.8. The first-order chi connectivity index (χ1) is 6.84. The lowest BCUT2D eigenvalue weighted by Crippen LogP contribution is -1.87. The van der Waals surface area contributed by atoms with E-state index in [4.69, 9.17) is 16.4 Å². The summed E-state index contributed by atoms with van der Waals surface area (Å²) in [5.74, 6) is 0. The smallest absolute Gasteiger partial charge is 0.141 e. The van der Waals surface area contributed by atoms with Crippen molar-refractivity contribution in [1.29, 1.82) is 0 Å². The highest BCUT2D eigenvalue weighted by Crippen LogP contribution is 2.12. The Kier molecular flexibility index (Phi) is 4.79. The van der Waals surface area contributed by atoms with Gasteiger partial charge in [0, 0.05) is 12.0 Å². The summed E-state index contributed by atoms with van der Waals surface area (Å²) in [7, 11) is 0. The highest BCUT2D eigenvalue weighted by molar-refractivity contribution is 6.33. The van der Waals surface area contributed by atoms with E-state index in [1.54, 1.807) is 12.1 Å². The number of nitrogens with zero attached hydrogens (tertiary/aromatic N) is 1. The Morgan fingerprint density at radius 2 is 2.29 bits per heavy atom. The molecule has 0 aromatic heterocycles. The average Bonchev–Trinajstić information content (AvgIpc) is 2.20. The Morgan fingerprint density at radius 3 is 3.00 bits per heavy atom. The van der Waals surface area contributed by atoms with E-state index in [1.807, 2.05) is 18.2 Å². The van der Waals surface area contributed by atoms with Crippen LogP contribution < -0.4 is 0 Å². The van der Waals surface area contributed by atoms with Crippen molar-refractivity contribution in [2.45, 2.75) is 6.42 Å². The summed E-state index contributed by atoms with van der Waals surface area (Å²) in [5.41, 5.74) is 0.729. The van der Waals surface area contributed by atoms with Crippen LogP contribution in [0.1, 0.15) is 12.0 Å². The van der Waals surface area contributed by atoms with Gasteiger partial charge in [-0.05, 0) is 6.07 Å². The van der Waals surface area contributed by atoms with Crippen molar-refractivity contribution in [2.24, 2.45) is 5.16 Å². The van der Waals surface area contributed by atoms with Crippen molar-refractivity contribution in [2.75, 3.05) is 6.61 Å². The van der Waals surface area contributed by atoms with Gasteiger partial charge in [-0.3, -0.25) is 0 Å². The van der Waals surface area contributed by atoms with Gasteiger partial charge in [0.15, 0.2) is 0 Å². The van der Waals surface area contributed by atoms with Crippen LogP contribution in [0.4, 0.5) is 0 Å². The van der Waals surface area contributed by atoms with Crippen LogP contribution >= 0.6 is 11.6 Å². The molecule has 3 heteroatoms. The van der Waals surface area contributed by atoms with Crippen molar-refractivity contribution in [3.8, 4) is 0 Å². The zero-order chi connectivity index (χ0) is 10.2. The SMILES string of the molecule is C=CCCON=[C]c1ccccc1Cl. The minimum atomic E-state index is 0.515.